The van der Waals surface area contributed by atoms with Crippen LogP contribution >= 0.6 is 0 Å². The number of rotatable bonds is 12. The normalized spacial score (nSPS) is 14.7. The van der Waals surface area contributed by atoms with Gasteiger partial charge in [-0.2, -0.15) is 30.4 Å². The molecular formula is C16H24F5NO7S. The zero-order valence-electron chi connectivity index (χ0n) is 16.6. The molecule has 1 N–H and O–H groups in total. The summed E-state index contributed by atoms with van der Waals surface area (Å²) in [7, 11) is -5.96. The van der Waals surface area contributed by atoms with Crippen molar-refractivity contribution in [3.05, 3.63) is 12.2 Å². The summed E-state index contributed by atoms with van der Waals surface area (Å²) in [6.07, 6.45) is -7.23. The molecule has 0 aromatic heterocycles. The number of ether oxygens (including phenoxy) is 2. The SMILES string of the molecule is C=C(C)C(=O)OC(OCCC(F)(F)S(=O)(=O)O)(C(=O)N(CCC)CCC)C(F)(F)F. The fourth-order valence-corrected chi connectivity index (χ4v) is 2.46. The van der Waals surface area contributed by atoms with Crippen LogP contribution in [0.25, 0.3) is 0 Å². The van der Waals surface area contributed by atoms with Crippen LogP contribution in [-0.4, -0.2) is 66.7 Å². The van der Waals surface area contributed by atoms with Gasteiger partial charge in [-0.3, -0.25) is 9.35 Å². The van der Waals surface area contributed by atoms with Crippen LogP contribution in [0.5, 0.6) is 0 Å². The van der Waals surface area contributed by atoms with Gasteiger partial charge >= 0.3 is 39.2 Å². The number of amides is 1. The third-order valence-corrected chi connectivity index (χ3v) is 4.55. The van der Waals surface area contributed by atoms with E-state index < -0.39 is 57.8 Å². The summed E-state index contributed by atoms with van der Waals surface area (Å²) in [5, 5.41) is -4.86. The molecule has 0 bridgehead atoms. The highest BCUT2D eigenvalue weighted by molar-refractivity contribution is 7.86. The Morgan fingerprint density at radius 3 is 1.87 bits per heavy atom. The molecule has 0 spiro atoms. The lowest BCUT2D eigenvalue weighted by atomic mass is 10.2. The van der Waals surface area contributed by atoms with Gasteiger partial charge in [0.2, 0.25) is 0 Å². The molecule has 0 saturated carbocycles. The summed E-state index contributed by atoms with van der Waals surface area (Å²) in [5.74, 6) is -7.87. The molecule has 0 aliphatic rings. The van der Waals surface area contributed by atoms with Gasteiger partial charge in [-0.15, -0.1) is 0 Å². The third kappa shape index (κ3) is 6.87. The third-order valence-electron chi connectivity index (χ3n) is 3.59. The number of nitrogens with zero attached hydrogens (tertiary/aromatic N) is 1. The van der Waals surface area contributed by atoms with Crippen molar-refractivity contribution in [2.45, 2.75) is 57.3 Å². The average Bonchev–Trinajstić information content (AvgIpc) is 2.57. The molecule has 14 heteroatoms. The fraction of sp³-hybridized carbons (Fsp3) is 0.750. The van der Waals surface area contributed by atoms with E-state index in [1.165, 1.54) is 0 Å². The number of halogens is 5. The Morgan fingerprint density at radius 2 is 1.53 bits per heavy atom. The first kappa shape index (κ1) is 28.2. The Labute approximate surface area is 170 Å². The van der Waals surface area contributed by atoms with Gasteiger partial charge in [0.15, 0.2) is 0 Å². The summed E-state index contributed by atoms with van der Waals surface area (Å²) in [6.45, 7) is 5.10. The maximum Gasteiger partial charge on any atom is 0.466 e. The first-order chi connectivity index (χ1) is 13.5. The summed E-state index contributed by atoms with van der Waals surface area (Å²) < 4.78 is 107. The molecule has 176 valence electrons. The minimum absolute atomic E-state index is 0.195. The van der Waals surface area contributed by atoms with Crippen LogP contribution in [-0.2, 0) is 29.2 Å². The molecule has 0 aromatic rings. The van der Waals surface area contributed by atoms with Crippen molar-refractivity contribution in [3.63, 3.8) is 0 Å². The summed E-state index contributed by atoms with van der Waals surface area (Å²) in [5.41, 5.74) is -0.541. The monoisotopic (exact) mass is 469 g/mol. The van der Waals surface area contributed by atoms with E-state index in [0.29, 0.717) is 4.90 Å². The Balaban J connectivity index is 6.22. The maximum absolute atomic E-state index is 13.9. The number of esters is 1. The Morgan fingerprint density at radius 1 is 1.07 bits per heavy atom. The van der Waals surface area contributed by atoms with Gasteiger partial charge in [0, 0.05) is 18.7 Å². The van der Waals surface area contributed by atoms with Crippen molar-refractivity contribution in [3.8, 4) is 0 Å². The van der Waals surface area contributed by atoms with E-state index in [2.05, 4.69) is 16.1 Å². The lowest BCUT2D eigenvalue weighted by molar-refractivity contribution is -0.351. The Kier molecular flexibility index (Phi) is 9.86. The number of carbonyl (C=O) groups excluding carboxylic acids is 2. The van der Waals surface area contributed by atoms with Gasteiger partial charge in [-0.1, -0.05) is 20.4 Å². The minimum atomic E-state index is -5.96. The van der Waals surface area contributed by atoms with Crippen LogP contribution in [0.15, 0.2) is 12.2 Å². The maximum atomic E-state index is 13.9. The number of carbonyl (C=O) groups is 2. The quantitative estimate of drug-likeness (QED) is 0.154. The minimum Gasteiger partial charge on any atom is -0.412 e. The van der Waals surface area contributed by atoms with Crippen LogP contribution in [0.1, 0.15) is 40.0 Å². The second kappa shape index (κ2) is 10.5. The second-order valence-electron chi connectivity index (χ2n) is 6.29. The molecule has 1 atom stereocenters. The Hall–Kier alpha value is -1.80. The van der Waals surface area contributed by atoms with E-state index in [1.807, 2.05) is 0 Å². The Bertz CT molecular complexity index is 733. The standard InChI is InChI=1S/C16H24F5NO7S/c1-5-8-22(9-6-2)13(24)15(16(19,20)21,29-12(23)11(3)4)28-10-7-14(17,18)30(25,26)27/h3,5-10H2,1-2,4H3,(H,25,26,27). The molecule has 0 fully saturated rings. The highest BCUT2D eigenvalue weighted by Crippen LogP contribution is 2.38. The molecule has 0 radical (unpaired) electrons. The average molecular weight is 469 g/mol. The van der Waals surface area contributed by atoms with Gasteiger partial charge in [0.1, 0.15) is 0 Å². The van der Waals surface area contributed by atoms with E-state index in [0.717, 1.165) is 6.92 Å². The first-order valence-corrected chi connectivity index (χ1v) is 10.1. The largest absolute Gasteiger partial charge is 0.466 e. The highest BCUT2D eigenvalue weighted by atomic mass is 32.2. The topological polar surface area (TPSA) is 110 Å². The van der Waals surface area contributed by atoms with Crippen molar-refractivity contribution < 1.29 is 54.0 Å². The predicted molar refractivity (Wildman–Crippen MR) is 93.9 cm³/mol. The lowest BCUT2D eigenvalue weighted by Crippen LogP contribution is -2.62. The van der Waals surface area contributed by atoms with Gasteiger partial charge in [-0.05, 0) is 19.8 Å². The van der Waals surface area contributed by atoms with Crippen molar-refractivity contribution in [2.24, 2.45) is 0 Å². The number of alkyl halides is 5. The van der Waals surface area contributed by atoms with Crippen LogP contribution in [0, 0.1) is 0 Å². The zero-order valence-corrected chi connectivity index (χ0v) is 17.4. The molecule has 0 aliphatic heterocycles. The van der Waals surface area contributed by atoms with E-state index in [4.69, 9.17) is 4.55 Å². The van der Waals surface area contributed by atoms with E-state index >= 15 is 0 Å². The van der Waals surface area contributed by atoms with E-state index in [-0.39, 0.29) is 25.9 Å². The summed E-state index contributed by atoms with van der Waals surface area (Å²) in [4.78, 5) is 25.2. The van der Waals surface area contributed by atoms with E-state index in [9.17, 15) is 40.0 Å². The molecule has 1 amide bonds. The first-order valence-electron chi connectivity index (χ1n) is 8.70. The summed E-state index contributed by atoms with van der Waals surface area (Å²) in [6, 6.07) is 0. The highest BCUT2D eigenvalue weighted by Gasteiger charge is 2.67. The van der Waals surface area contributed by atoms with Gasteiger partial charge in [0.05, 0.1) is 13.0 Å². The molecule has 0 aromatic carbocycles. The molecule has 0 saturated heterocycles. The predicted octanol–water partition coefficient (Wildman–Crippen LogP) is 2.90. The number of hydrogen-bond donors (Lipinski definition) is 1. The molecule has 0 heterocycles. The van der Waals surface area contributed by atoms with Crippen LogP contribution in [0.3, 0.4) is 0 Å². The molecular weight excluding hydrogens is 445 g/mol. The lowest BCUT2D eigenvalue weighted by Gasteiger charge is -2.37. The van der Waals surface area contributed by atoms with Gasteiger partial charge in [-0.25, -0.2) is 4.79 Å². The van der Waals surface area contributed by atoms with Crippen molar-refractivity contribution in [2.75, 3.05) is 19.7 Å². The molecule has 30 heavy (non-hydrogen) atoms. The van der Waals surface area contributed by atoms with Gasteiger partial charge < -0.3 is 14.4 Å². The second-order valence-corrected chi connectivity index (χ2v) is 7.83. The van der Waals surface area contributed by atoms with Crippen LogP contribution in [0.4, 0.5) is 22.0 Å². The van der Waals surface area contributed by atoms with E-state index in [1.54, 1.807) is 13.8 Å². The molecule has 8 nitrogen and oxygen atoms in total. The van der Waals surface area contributed by atoms with Crippen molar-refractivity contribution in [1.29, 1.82) is 0 Å². The number of hydrogen-bond acceptors (Lipinski definition) is 6. The summed E-state index contributed by atoms with van der Waals surface area (Å²) >= 11 is 0. The van der Waals surface area contributed by atoms with Crippen LogP contribution in [0.2, 0.25) is 0 Å². The zero-order chi connectivity index (χ0) is 24.0. The molecule has 0 rings (SSSR count). The molecule has 1 unspecified atom stereocenters. The smallest absolute Gasteiger partial charge is 0.412 e. The molecule has 0 aliphatic carbocycles. The van der Waals surface area contributed by atoms with Crippen molar-refractivity contribution >= 4 is 22.0 Å². The van der Waals surface area contributed by atoms with Gasteiger partial charge in [0.25, 0.3) is 0 Å². The fourth-order valence-electron chi connectivity index (χ4n) is 2.12. The van der Waals surface area contributed by atoms with Crippen LogP contribution < -0.4 is 0 Å². The van der Waals surface area contributed by atoms with Crippen molar-refractivity contribution in [1.82, 2.24) is 4.90 Å².